The molecule has 13 heteroatoms. The van der Waals surface area contributed by atoms with Crippen molar-refractivity contribution in [3.8, 4) is 6.07 Å². The molecular formula is C18H20FN4O5PS2. The van der Waals surface area contributed by atoms with Crippen LogP contribution in [0.1, 0.15) is 37.7 Å². The van der Waals surface area contributed by atoms with Crippen LogP contribution in [0.3, 0.4) is 0 Å². The van der Waals surface area contributed by atoms with E-state index in [2.05, 4.69) is 10.3 Å². The first kappa shape index (κ1) is 24.7. The number of ether oxygens (including phenoxy) is 1. The van der Waals surface area contributed by atoms with Gasteiger partial charge in [-0.15, -0.1) is 11.3 Å². The fourth-order valence-electron chi connectivity index (χ4n) is 2.31. The lowest BCUT2D eigenvalue weighted by molar-refractivity contribution is -0.115. The lowest BCUT2D eigenvalue weighted by Gasteiger charge is -2.23. The molecule has 2 rings (SSSR count). The summed E-state index contributed by atoms with van der Waals surface area (Å²) in [6.07, 6.45) is -0.469. The topological polar surface area (TPSA) is 129 Å². The van der Waals surface area contributed by atoms with Crippen LogP contribution < -0.4 is 9.39 Å². The highest BCUT2D eigenvalue weighted by Gasteiger charge is 2.32. The van der Waals surface area contributed by atoms with E-state index >= 15 is 0 Å². The summed E-state index contributed by atoms with van der Waals surface area (Å²) >= 11 is 0.940. The van der Waals surface area contributed by atoms with Crippen LogP contribution in [0.25, 0.3) is 0 Å². The predicted octanol–water partition coefficient (Wildman–Crippen LogP) is 3.51. The number of nitrogens with one attached hydrogen (secondary N) is 1. The number of carbonyl (C=O) groups excluding carboxylic acids is 2. The number of halogens is 1. The zero-order valence-corrected chi connectivity index (χ0v) is 19.7. The Kier molecular flexibility index (Phi) is 7.70. The third kappa shape index (κ3) is 5.97. The maximum Gasteiger partial charge on any atom is 0.360 e. The van der Waals surface area contributed by atoms with Gasteiger partial charge in [0.25, 0.3) is 10.0 Å². The largest absolute Gasteiger partial charge is 0.455 e. The van der Waals surface area contributed by atoms with E-state index in [0.717, 1.165) is 33.6 Å². The van der Waals surface area contributed by atoms with E-state index in [9.17, 15) is 22.4 Å². The van der Waals surface area contributed by atoms with Crippen LogP contribution in [0.5, 0.6) is 0 Å². The van der Waals surface area contributed by atoms with Crippen LogP contribution >= 0.6 is 20.1 Å². The first-order valence-corrected chi connectivity index (χ1v) is 12.5. The van der Waals surface area contributed by atoms with Crippen molar-refractivity contribution in [2.45, 2.75) is 37.7 Å². The van der Waals surface area contributed by atoms with Crippen molar-refractivity contribution >= 4 is 52.7 Å². The van der Waals surface area contributed by atoms with Gasteiger partial charge in [0.1, 0.15) is 22.8 Å². The Labute approximate surface area is 185 Å². The number of carbonyl (C=O) groups is 2. The molecule has 166 valence electrons. The summed E-state index contributed by atoms with van der Waals surface area (Å²) in [7, 11) is -4.58. The second-order valence-corrected chi connectivity index (χ2v) is 10.9. The number of amides is 1. The van der Waals surface area contributed by atoms with Crippen LogP contribution in [0.2, 0.25) is 0 Å². The van der Waals surface area contributed by atoms with Crippen LogP contribution in [-0.4, -0.2) is 37.5 Å². The van der Waals surface area contributed by atoms with Gasteiger partial charge in [-0.25, -0.2) is 26.7 Å². The first-order chi connectivity index (χ1) is 14.4. The van der Waals surface area contributed by atoms with Crippen molar-refractivity contribution in [1.29, 1.82) is 5.26 Å². The molecule has 1 N–H and O–H groups in total. The van der Waals surface area contributed by atoms with Crippen LogP contribution in [0, 0.1) is 17.1 Å². The summed E-state index contributed by atoms with van der Waals surface area (Å²) in [6, 6.07) is 4.61. The number of hydrogen-bond acceptors (Lipinski definition) is 8. The molecule has 31 heavy (non-hydrogen) atoms. The zero-order chi connectivity index (χ0) is 23.4. The van der Waals surface area contributed by atoms with E-state index in [0.29, 0.717) is 0 Å². The summed E-state index contributed by atoms with van der Waals surface area (Å²) in [5.41, 5.74) is 0.118. The Bertz CT molecular complexity index is 1140. The molecule has 1 aromatic carbocycles. The van der Waals surface area contributed by atoms with Crippen molar-refractivity contribution in [1.82, 2.24) is 4.98 Å². The first-order valence-electron chi connectivity index (χ1n) is 8.76. The minimum Gasteiger partial charge on any atom is -0.455 e. The van der Waals surface area contributed by atoms with Crippen molar-refractivity contribution in [2.75, 3.05) is 16.1 Å². The number of thiazole rings is 1. The summed E-state index contributed by atoms with van der Waals surface area (Å²) in [5, 5.41) is 10.8. The third-order valence-electron chi connectivity index (χ3n) is 3.52. The van der Waals surface area contributed by atoms with Crippen molar-refractivity contribution in [3.63, 3.8) is 0 Å². The molecule has 0 aliphatic heterocycles. The summed E-state index contributed by atoms with van der Waals surface area (Å²) in [6.45, 7) is 6.61. The van der Waals surface area contributed by atoms with Crippen molar-refractivity contribution < 1.29 is 27.1 Å². The van der Waals surface area contributed by atoms with Gasteiger partial charge in [-0.1, -0.05) is 0 Å². The number of anilines is 2. The number of sulfonamides is 1. The van der Waals surface area contributed by atoms with Gasteiger partial charge in [0.2, 0.25) is 5.91 Å². The van der Waals surface area contributed by atoms with Gasteiger partial charge in [-0.05, 0) is 54.4 Å². The monoisotopic (exact) mass is 486 g/mol. The highest BCUT2D eigenvalue weighted by molar-refractivity contribution is 7.98. The molecular weight excluding hydrogens is 466 g/mol. The highest BCUT2D eigenvalue weighted by atomic mass is 32.2. The fourth-order valence-corrected chi connectivity index (χ4v) is 6.36. The van der Waals surface area contributed by atoms with Gasteiger partial charge >= 0.3 is 5.97 Å². The summed E-state index contributed by atoms with van der Waals surface area (Å²) in [4.78, 5) is 27.5. The molecule has 0 saturated heterocycles. The minimum absolute atomic E-state index is 0.0573. The Balaban J connectivity index is 2.40. The lowest BCUT2D eigenvalue weighted by Crippen LogP contribution is -2.27. The van der Waals surface area contributed by atoms with E-state index in [1.807, 2.05) is 0 Å². The van der Waals surface area contributed by atoms with Crippen molar-refractivity contribution in [3.05, 3.63) is 35.2 Å². The number of esters is 1. The van der Waals surface area contributed by atoms with Gasteiger partial charge in [0.05, 0.1) is 22.2 Å². The molecule has 0 fully saturated rings. The van der Waals surface area contributed by atoms with Gasteiger partial charge in [0, 0.05) is 0 Å². The molecule has 2 aromatic rings. The Morgan fingerprint density at radius 2 is 2.06 bits per heavy atom. The molecule has 0 saturated carbocycles. The molecule has 0 radical (unpaired) electrons. The highest BCUT2D eigenvalue weighted by Crippen LogP contribution is 2.38. The van der Waals surface area contributed by atoms with Gasteiger partial charge in [-0.3, -0.25) is 4.79 Å². The number of nitrogens with zero attached hydrogens (tertiary/aromatic N) is 3. The molecule has 0 aliphatic carbocycles. The standard InChI is InChI=1S/C18H20FN4O5PS2/c1-18(2,3)28-17(25)15-16(30-10-21-15)23(29-4)31(26,27)11-5-6-13(12(19)9-11)22-14(24)7-8-20/h5-6,9-10,29H,7H2,1-4H3,(H,22,24). The third-order valence-corrected chi connectivity index (χ3v) is 8.02. The average Bonchev–Trinajstić information content (AvgIpc) is 3.12. The number of benzene rings is 1. The maximum atomic E-state index is 14.4. The molecule has 9 nitrogen and oxygen atoms in total. The van der Waals surface area contributed by atoms with Gasteiger partial charge < -0.3 is 10.1 Å². The summed E-state index contributed by atoms with van der Waals surface area (Å²) in [5.74, 6) is -2.48. The normalized spacial score (nSPS) is 11.9. The zero-order valence-electron chi connectivity index (χ0n) is 17.1. The molecule has 0 aliphatic rings. The van der Waals surface area contributed by atoms with E-state index in [1.54, 1.807) is 33.5 Å². The van der Waals surface area contributed by atoms with Crippen molar-refractivity contribution in [2.24, 2.45) is 0 Å². The Morgan fingerprint density at radius 3 is 2.61 bits per heavy atom. The second-order valence-electron chi connectivity index (χ2n) is 7.03. The molecule has 0 bridgehead atoms. The molecule has 1 atom stereocenters. The average molecular weight is 486 g/mol. The smallest absolute Gasteiger partial charge is 0.360 e. The summed E-state index contributed by atoms with van der Waals surface area (Å²) < 4.78 is 47.0. The van der Waals surface area contributed by atoms with Gasteiger partial charge in [-0.2, -0.15) is 5.26 Å². The van der Waals surface area contributed by atoms with E-state index in [1.165, 1.54) is 5.51 Å². The fraction of sp³-hybridized carbons (Fsp3) is 0.333. The Hall–Kier alpha value is -2.61. The number of nitriles is 1. The SMILES string of the molecule is CPN(c1scnc1C(=O)OC(C)(C)C)S(=O)(=O)c1ccc(NC(=O)CC#N)c(F)c1. The number of rotatable bonds is 7. The predicted molar refractivity (Wildman–Crippen MR) is 116 cm³/mol. The number of aromatic nitrogens is 1. The minimum atomic E-state index is -4.25. The van der Waals surface area contributed by atoms with E-state index < -0.39 is 39.7 Å². The van der Waals surface area contributed by atoms with E-state index in [-0.39, 0.29) is 30.0 Å². The molecule has 1 unspecified atom stereocenters. The second kappa shape index (κ2) is 9.68. The molecule has 1 heterocycles. The van der Waals surface area contributed by atoms with Gasteiger partial charge in [0.15, 0.2) is 5.69 Å². The lowest BCUT2D eigenvalue weighted by atomic mass is 10.2. The van der Waals surface area contributed by atoms with E-state index in [4.69, 9.17) is 10.00 Å². The number of hydrogen-bond donors (Lipinski definition) is 1. The molecule has 1 aromatic heterocycles. The van der Waals surface area contributed by atoms with Crippen LogP contribution in [-0.2, 0) is 19.6 Å². The van der Waals surface area contributed by atoms with Crippen LogP contribution in [0.15, 0.2) is 28.6 Å². The molecule has 1 amide bonds. The van der Waals surface area contributed by atoms with Crippen LogP contribution in [0.4, 0.5) is 15.1 Å². The Morgan fingerprint density at radius 1 is 1.39 bits per heavy atom. The molecule has 0 spiro atoms. The maximum absolute atomic E-state index is 14.4. The quantitative estimate of drug-likeness (QED) is 0.468.